The van der Waals surface area contributed by atoms with Crippen molar-refractivity contribution in [3.8, 4) is 0 Å². The Kier molecular flexibility index (Phi) is 8.93. The van der Waals surface area contributed by atoms with E-state index >= 15 is 0 Å². The zero-order chi connectivity index (χ0) is 24.7. The molecular weight excluding hydrogens is 478 g/mol. The zero-order valence-corrected chi connectivity index (χ0v) is 20.9. The number of nitrogens with one attached hydrogen (secondary N) is 2. The van der Waals surface area contributed by atoms with Gasteiger partial charge in [-0.05, 0) is 56.0 Å². The van der Waals surface area contributed by atoms with Crippen LogP contribution in [0.2, 0.25) is 5.02 Å². The number of sulfonamides is 1. The largest absolute Gasteiger partial charge is 0.376 e. The topological polar surface area (TPSA) is 105 Å². The molecular formula is C24H30ClN3O5S. The first-order valence-corrected chi connectivity index (χ1v) is 13.4. The minimum absolute atomic E-state index is 0.0200. The Morgan fingerprint density at radius 2 is 1.97 bits per heavy atom. The summed E-state index contributed by atoms with van der Waals surface area (Å²) < 4.78 is 31.5. The monoisotopic (exact) mass is 507 g/mol. The lowest BCUT2D eigenvalue weighted by Gasteiger charge is -2.24. The molecule has 1 aliphatic heterocycles. The van der Waals surface area contributed by atoms with Gasteiger partial charge in [0.2, 0.25) is 15.9 Å². The molecule has 0 spiro atoms. The van der Waals surface area contributed by atoms with Crippen molar-refractivity contribution in [2.45, 2.75) is 38.7 Å². The van der Waals surface area contributed by atoms with Gasteiger partial charge in [-0.15, -0.1) is 0 Å². The summed E-state index contributed by atoms with van der Waals surface area (Å²) in [6.45, 7) is 3.06. The molecule has 0 unspecified atom stereocenters. The molecule has 1 heterocycles. The number of nitrogens with zero attached hydrogens (tertiary/aromatic N) is 1. The Morgan fingerprint density at radius 1 is 1.21 bits per heavy atom. The van der Waals surface area contributed by atoms with Crippen molar-refractivity contribution >= 4 is 44.8 Å². The van der Waals surface area contributed by atoms with E-state index in [1.54, 1.807) is 49.4 Å². The minimum Gasteiger partial charge on any atom is -0.376 e. The maximum absolute atomic E-state index is 12.6. The average Bonchev–Trinajstić information content (AvgIpc) is 3.30. The fourth-order valence-corrected chi connectivity index (χ4v) is 4.99. The van der Waals surface area contributed by atoms with Crippen LogP contribution in [0.4, 0.5) is 11.4 Å². The molecule has 0 saturated carbocycles. The molecule has 2 N–H and O–H groups in total. The van der Waals surface area contributed by atoms with E-state index in [1.165, 1.54) is 4.31 Å². The van der Waals surface area contributed by atoms with Crippen LogP contribution in [-0.2, 0) is 19.6 Å². The first-order valence-electron chi connectivity index (χ1n) is 11.2. The molecule has 0 aromatic heterocycles. The smallest absolute Gasteiger partial charge is 0.253 e. The number of rotatable bonds is 10. The number of anilines is 2. The third-order valence-corrected chi connectivity index (χ3v) is 6.98. The molecule has 10 heteroatoms. The number of carbonyl (C=O) groups excluding carboxylic acids is 2. The average molecular weight is 508 g/mol. The second-order valence-corrected chi connectivity index (χ2v) is 10.7. The van der Waals surface area contributed by atoms with Gasteiger partial charge in [0.1, 0.15) is 0 Å². The Hall–Kier alpha value is -2.62. The number of carbonyl (C=O) groups is 2. The van der Waals surface area contributed by atoms with E-state index in [9.17, 15) is 18.0 Å². The molecule has 34 heavy (non-hydrogen) atoms. The van der Waals surface area contributed by atoms with Gasteiger partial charge in [0.05, 0.1) is 29.3 Å². The Bertz CT molecular complexity index is 1130. The number of hydrogen-bond donors (Lipinski definition) is 2. The van der Waals surface area contributed by atoms with E-state index in [-0.39, 0.29) is 37.3 Å². The lowest BCUT2D eigenvalue weighted by molar-refractivity contribution is -0.116. The van der Waals surface area contributed by atoms with Crippen LogP contribution < -0.4 is 14.9 Å². The predicted octanol–water partition coefficient (Wildman–Crippen LogP) is 3.74. The van der Waals surface area contributed by atoms with Crippen molar-refractivity contribution in [1.82, 2.24) is 5.32 Å². The molecule has 0 bridgehead atoms. The van der Waals surface area contributed by atoms with Gasteiger partial charge >= 0.3 is 0 Å². The van der Waals surface area contributed by atoms with Crippen LogP contribution in [0.3, 0.4) is 0 Å². The van der Waals surface area contributed by atoms with Gasteiger partial charge in [0.25, 0.3) is 5.91 Å². The summed E-state index contributed by atoms with van der Waals surface area (Å²) in [5, 5.41) is 6.06. The van der Waals surface area contributed by atoms with Crippen LogP contribution in [0.15, 0.2) is 42.5 Å². The Morgan fingerprint density at radius 3 is 2.68 bits per heavy atom. The van der Waals surface area contributed by atoms with Crippen LogP contribution in [0, 0.1) is 6.92 Å². The fraction of sp³-hybridized carbons (Fsp3) is 0.417. The van der Waals surface area contributed by atoms with E-state index in [4.69, 9.17) is 16.3 Å². The highest BCUT2D eigenvalue weighted by Gasteiger charge is 2.21. The molecule has 2 amide bonds. The summed E-state index contributed by atoms with van der Waals surface area (Å²) in [7, 11) is -3.57. The minimum atomic E-state index is -3.57. The summed E-state index contributed by atoms with van der Waals surface area (Å²) in [4.78, 5) is 25.2. The first-order chi connectivity index (χ1) is 16.1. The first kappa shape index (κ1) is 26.0. The predicted molar refractivity (Wildman–Crippen MR) is 134 cm³/mol. The Balaban J connectivity index is 1.59. The van der Waals surface area contributed by atoms with E-state index in [0.29, 0.717) is 35.1 Å². The summed E-state index contributed by atoms with van der Waals surface area (Å²) in [6, 6.07) is 11.8. The van der Waals surface area contributed by atoms with E-state index in [2.05, 4.69) is 10.6 Å². The highest BCUT2D eigenvalue weighted by Crippen LogP contribution is 2.26. The van der Waals surface area contributed by atoms with E-state index in [0.717, 1.165) is 24.7 Å². The number of amides is 2. The number of ether oxygens (including phenoxy) is 1. The second-order valence-electron chi connectivity index (χ2n) is 8.31. The van der Waals surface area contributed by atoms with Crippen molar-refractivity contribution in [1.29, 1.82) is 0 Å². The lowest BCUT2D eigenvalue weighted by atomic mass is 10.1. The summed E-state index contributed by atoms with van der Waals surface area (Å²) in [5.41, 5.74) is 2.02. The molecule has 1 atom stereocenters. The van der Waals surface area contributed by atoms with Gasteiger partial charge in [0.15, 0.2) is 0 Å². The standard InChI is InChI=1S/C24H30ClN3O5S/c1-17-11-12-18(25)15-22(17)28(34(2,31)32)13-5-10-23(29)27-21-9-4-3-8-20(21)24(30)26-16-19-7-6-14-33-19/h3-4,8-9,11-12,15,19H,5-7,10,13-14,16H2,1-2H3,(H,26,30)(H,27,29)/t19-/m0/s1. The molecule has 184 valence electrons. The van der Waals surface area contributed by atoms with Crippen molar-refractivity contribution in [2.75, 3.05) is 35.6 Å². The summed E-state index contributed by atoms with van der Waals surface area (Å²) in [5.74, 6) is -0.596. The molecule has 3 rings (SSSR count). The van der Waals surface area contributed by atoms with Gasteiger partial charge < -0.3 is 15.4 Å². The molecule has 1 aliphatic rings. The zero-order valence-electron chi connectivity index (χ0n) is 19.3. The van der Waals surface area contributed by atoms with Gasteiger partial charge in [-0.1, -0.05) is 29.8 Å². The second kappa shape index (κ2) is 11.7. The fourth-order valence-electron chi connectivity index (χ4n) is 3.81. The van der Waals surface area contributed by atoms with Crippen molar-refractivity contribution in [3.63, 3.8) is 0 Å². The number of benzene rings is 2. The third kappa shape index (κ3) is 7.19. The van der Waals surface area contributed by atoms with E-state index < -0.39 is 10.0 Å². The van der Waals surface area contributed by atoms with Gasteiger partial charge in [-0.25, -0.2) is 8.42 Å². The maximum Gasteiger partial charge on any atom is 0.253 e. The number of aryl methyl sites for hydroxylation is 1. The Labute approximate surface area is 205 Å². The van der Waals surface area contributed by atoms with Crippen LogP contribution in [0.5, 0.6) is 0 Å². The van der Waals surface area contributed by atoms with Crippen LogP contribution in [-0.4, -0.2) is 52.3 Å². The van der Waals surface area contributed by atoms with E-state index in [1.807, 2.05) is 0 Å². The van der Waals surface area contributed by atoms with Crippen LogP contribution in [0.1, 0.15) is 41.6 Å². The molecule has 1 fully saturated rings. The third-order valence-electron chi connectivity index (χ3n) is 5.57. The summed E-state index contributed by atoms with van der Waals surface area (Å²) in [6.07, 6.45) is 3.42. The van der Waals surface area contributed by atoms with Crippen molar-refractivity contribution in [3.05, 3.63) is 58.6 Å². The molecule has 0 radical (unpaired) electrons. The number of hydrogen-bond acceptors (Lipinski definition) is 5. The SMILES string of the molecule is Cc1ccc(Cl)cc1N(CCCC(=O)Nc1ccccc1C(=O)NC[C@@H]1CCCO1)S(C)(=O)=O. The van der Waals surface area contributed by atoms with Gasteiger partial charge in [-0.3, -0.25) is 13.9 Å². The molecule has 0 aliphatic carbocycles. The quantitative estimate of drug-likeness (QED) is 0.509. The number of para-hydroxylation sites is 1. The van der Waals surface area contributed by atoms with Crippen LogP contribution >= 0.6 is 11.6 Å². The highest BCUT2D eigenvalue weighted by molar-refractivity contribution is 7.92. The molecule has 1 saturated heterocycles. The normalized spacial score (nSPS) is 15.7. The molecule has 2 aromatic carbocycles. The highest BCUT2D eigenvalue weighted by atomic mass is 35.5. The summed E-state index contributed by atoms with van der Waals surface area (Å²) >= 11 is 6.06. The van der Waals surface area contributed by atoms with Gasteiger partial charge in [-0.2, -0.15) is 0 Å². The molecule has 2 aromatic rings. The molecule has 8 nitrogen and oxygen atoms in total. The van der Waals surface area contributed by atoms with Crippen LogP contribution in [0.25, 0.3) is 0 Å². The van der Waals surface area contributed by atoms with Crippen molar-refractivity contribution in [2.24, 2.45) is 0 Å². The van der Waals surface area contributed by atoms with Gasteiger partial charge in [0, 0.05) is 31.1 Å². The lowest BCUT2D eigenvalue weighted by Crippen LogP contribution is -2.33. The number of halogens is 1. The maximum atomic E-state index is 12.6. The van der Waals surface area contributed by atoms with Crippen molar-refractivity contribution < 1.29 is 22.7 Å².